The second-order valence-electron chi connectivity index (χ2n) is 9.71. The van der Waals surface area contributed by atoms with Gasteiger partial charge in [-0.15, -0.1) is 0 Å². The summed E-state index contributed by atoms with van der Waals surface area (Å²) in [6, 6.07) is 8.99. The lowest BCUT2D eigenvalue weighted by Gasteiger charge is -2.20. The van der Waals surface area contributed by atoms with E-state index in [1.54, 1.807) is 6.07 Å². The Kier molecular flexibility index (Phi) is 12.9. The Bertz CT molecular complexity index is 1280. The maximum Gasteiger partial charge on any atom is 0.300 e. The highest BCUT2D eigenvalue weighted by atomic mass is 79.9. The predicted octanol–water partition coefficient (Wildman–Crippen LogP) is 5.69. The Balaban J connectivity index is 0.00000138. The number of carbonyl (C=O) groups excluding carboxylic acids is 1. The minimum Gasteiger partial charge on any atom is -0.481 e. The number of carboxylic acids is 1. The average Bonchev–Trinajstić information content (AvgIpc) is 3.38. The fourth-order valence-corrected chi connectivity index (χ4v) is 3.62. The normalized spacial score (nSPS) is 10.7. The number of halogens is 1. The number of carboxylic acid groups (broad SMARTS) is 1. The van der Waals surface area contributed by atoms with Crippen LogP contribution < -0.4 is 30.2 Å². The van der Waals surface area contributed by atoms with E-state index < -0.39 is 11.9 Å². The summed E-state index contributed by atoms with van der Waals surface area (Å²) in [4.78, 5) is 30.6. The van der Waals surface area contributed by atoms with Gasteiger partial charge in [0.1, 0.15) is 5.75 Å². The van der Waals surface area contributed by atoms with Crippen LogP contribution in [-0.4, -0.2) is 60.8 Å². The summed E-state index contributed by atoms with van der Waals surface area (Å²) in [7, 11) is 2.90. The number of benzene rings is 1. The first kappa shape index (κ1) is 33.4. The first-order valence-corrected chi connectivity index (χ1v) is 13.7. The van der Waals surface area contributed by atoms with Gasteiger partial charge >= 0.3 is 0 Å². The van der Waals surface area contributed by atoms with Crippen LogP contribution in [0.5, 0.6) is 23.5 Å². The molecular weight excluding hydrogens is 598 g/mol. The summed E-state index contributed by atoms with van der Waals surface area (Å²) in [5, 5.41) is 16.5. The Morgan fingerprint density at radius 2 is 1.66 bits per heavy atom. The number of aliphatic carboxylic acids is 1. The van der Waals surface area contributed by atoms with E-state index in [9.17, 15) is 4.79 Å². The Labute approximate surface area is 248 Å². The third-order valence-corrected chi connectivity index (χ3v) is 5.95. The number of anilines is 2. The molecule has 41 heavy (non-hydrogen) atoms. The highest BCUT2D eigenvalue weighted by Gasteiger charge is 2.22. The van der Waals surface area contributed by atoms with Gasteiger partial charge in [0, 0.05) is 26.1 Å². The number of hydrogen-bond donors (Lipinski definition) is 4. The second-order valence-corrected chi connectivity index (χ2v) is 10.6. The van der Waals surface area contributed by atoms with Gasteiger partial charge in [-0.2, -0.15) is 9.97 Å². The van der Waals surface area contributed by atoms with Crippen LogP contribution in [0.25, 0.3) is 0 Å². The van der Waals surface area contributed by atoms with Crippen molar-refractivity contribution in [2.45, 2.75) is 46.5 Å². The number of carbonyl (C=O) groups is 2. The number of ether oxygens (including phenoxy) is 3. The first-order valence-electron chi connectivity index (χ1n) is 12.9. The van der Waals surface area contributed by atoms with Crippen LogP contribution >= 0.6 is 15.9 Å². The van der Waals surface area contributed by atoms with Crippen LogP contribution in [0.2, 0.25) is 0 Å². The van der Waals surface area contributed by atoms with Crippen molar-refractivity contribution < 1.29 is 33.3 Å². The van der Waals surface area contributed by atoms with Crippen molar-refractivity contribution in [2.24, 2.45) is 0 Å². The van der Waals surface area contributed by atoms with Gasteiger partial charge in [0.25, 0.3) is 17.8 Å². The third-order valence-electron chi connectivity index (χ3n) is 5.29. The molecule has 0 fully saturated rings. The van der Waals surface area contributed by atoms with E-state index in [0.29, 0.717) is 18.2 Å². The van der Waals surface area contributed by atoms with Gasteiger partial charge in [-0.05, 0) is 58.1 Å². The van der Waals surface area contributed by atoms with Crippen LogP contribution in [0.15, 0.2) is 39.2 Å². The van der Waals surface area contributed by atoms with Gasteiger partial charge in [0.15, 0.2) is 11.4 Å². The smallest absolute Gasteiger partial charge is 0.300 e. The molecule has 1 aromatic carbocycles. The van der Waals surface area contributed by atoms with Crippen molar-refractivity contribution in [3.63, 3.8) is 0 Å². The molecule has 0 unspecified atom stereocenters. The van der Waals surface area contributed by atoms with Crippen LogP contribution in [0.1, 0.15) is 57.2 Å². The first-order chi connectivity index (χ1) is 19.4. The topological polar surface area (TPSA) is 157 Å². The van der Waals surface area contributed by atoms with Crippen molar-refractivity contribution in [3.05, 3.63) is 46.1 Å². The monoisotopic (exact) mass is 635 g/mol. The van der Waals surface area contributed by atoms with Gasteiger partial charge < -0.3 is 39.7 Å². The fourth-order valence-electron chi connectivity index (χ4n) is 3.30. The summed E-state index contributed by atoms with van der Waals surface area (Å²) in [5.41, 5.74) is 1.23. The fraction of sp³-hybridized carbons (Fsp3) is 0.429. The third kappa shape index (κ3) is 10.6. The quantitative estimate of drug-likeness (QED) is 0.181. The lowest BCUT2D eigenvalue weighted by atomic mass is 9.87. The molecule has 0 aliphatic heterocycles. The van der Waals surface area contributed by atoms with E-state index >= 15 is 0 Å². The van der Waals surface area contributed by atoms with Crippen molar-refractivity contribution >= 4 is 39.4 Å². The Hall–Kier alpha value is -3.84. The molecule has 0 radical (unpaired) electrons. The highest BCUT2D eigenvalue weighted by Crippen LogP contribution is 2.36. The molecular formula is C28H38BrN5O7. The van der Waals surface area contributed by atoms with Crippen molar-refractivity contribution in [3.8, 4) is 23.5 Å². The lowest BCUT2D eigenvalue weighted by Crippen LogP contribution is -2.23. The second kappa shape index (κ2) is 15.8. The predicted molar refractivity (Wildman–Crippen MR) is 160 cm³/mol. The highest BCUT2D eigenvalue weighted by molar-refractivity contribution is 9.10. The summed E-state index contributed by atoms with van der Waals surface area (Å²) >= 11 is 3.50. The molecule has 13 heteroatoms. The van der Waals surface area contributed by atoms with Gasteiger partial charge in [-0.3, -0.25) is 9.59 Å². The molecule has 3 aromatic rings. The van der Waals surface area contributed by atoms with Gasteiger partial charge in [0.05, 0.1) is 18.7 Å². The van der Waals surface area contributed by atoms with E-state index in [1.807, 2.05) is 18.2 Å². The zero-order chi connectivity index (χ0) is 30.6. The minimum absolute atomic E-state index is 0.0337. The molecule has 0 saturated carbocycles. The zero-order valence-electron chi connectivity index (χ0n) is 24.4. The minimum atomic E-state index is -0.833. The largest absolute Gasteiger partial charge is 0.481 e. The molecule has 224 valence electrons. The van der Waals surface area contributed by atoms with E-state index in [-0.39, 0.29) is 34.6 Å². The number of nitrogens with zero attached hydrogens (tertiary/aromatic N) is 2. The number of methoxy groups -OCH3 is 2. The molecule has 2 heterocycles. The molecule has 3 rings (SSSR count). The van der Waals surface area contributed by atoms with Crippen LogP contribution in [0.3, 0.4) is 0 Å². The van der Waals surface area contributed by atoms with Crippen molar-refractivity contribution in [1.82, 2.24) is 15.3 Å². The average molecular weight is 637 g/mol. The number of rotatable bonds is 12. The van der Waals surface area contributed by atoms with E-state index in [4.69, 9.17) is 28.5 Å². The number of amides is 1. The molecule has 2 aromatic heterocycles. The number of nitrogens with one attached hydrogen (secondary N) is 3. The van der Waals surface area contributed by atoms with Crippen molar-refractivity contribution in [2.75, 3.05) is 44.5 Å². The van der Waals surface area contributed by atoms with Gasteiger partial charge in [-0.1, -0.05) is 33.8 Å². The summed E-state index contributed by atoms with van der Waals surface area (Å²) < 4.78 is 23.1. The molecule has 0 spiro atoms. The molecule has 0 aliphatic rings. The maximum absolute atomic E-state index is 13.0. The summed E-state index contributed by atoms with van der Waals surface area (Å²) in [6.07, 6.45) is 1.05. The Morgan fingerprint density at radius 3 is 2.22 bits per heavy atom. The molecule has 12 nitrogen and oxygen atoms in total. The molecule has 0 saturated heterocycles. The standard InChI is InChI=1S/C26H34BrN5O5.C2H4O2/c1-7-12-28-13-14-29-25-31-23(34-5)21(24(32-25)35-6)30-22(33)18-10-11-20(36-18)37-19-15-16(26(2,3)4)8-9-17(19)27;1-2(3)4/h8-11,15,28H,7,12-14H2,1-6H3,(H,30,33)(H,29,31,32);1H3,(H,3,4). The summed E-state index contributed by atoms with van der Waals surface area (Å²) in [6.45, 7) is 11.8. The molecule has 0 bridgehead atoms. The molecule has 1 amide bonds. The Morgan fingerprint density at radius 1 is 1.02 bits per heavy atom. The SMILES string of the molecule is CC(=O)O.CCCNCCNc1nc(OC)c(NC(=O)c2ccc(Oc3cc(C(C)(C)C)ccc3Br)o2)c(OC)n1. The van der Waals surface area contributed by atoms with Crippen LogP contribution in [0, 0.1) is 0 Å². The number of furan rings is 1. The van der Waals surface area contributed by atoms with Crippen LogP contribution in [-0.2, 0) is 10.2 Å². The lowest BCUT2D eigenvalue weighted by molar-refractivity contribution is -0.134. The maximum atomic E-state index is 13.0. The van der Waals surface area contributed by atoms with E-state index in [2.05, 4.69) is 69.5 Å². The molecule has 0 atom stereocenters. The molecule has 0 aliphatic carbocycles. The van der Waals surface area contributed by atoms with Gasteiger partial charge in [-0.25, -0.2) is 0 Å². The molecule has 4 N–H and O–H groups in total. The summed E-state index contributed by atoms with van der Waals surface area (Å²) in [5.74, 6) is 0.0299. The number of aromatic nitrogens is 2. The van der Waals surface area contributed by atoms with Gasteiger partial charge in [0.2, 0.25) is 17.7 Å². The van der Waals surface area contributed by atoms with Crippen LogP contribution in [0.4, 0.5) is 11.6 Å². The van der Waals surface area contributed by atoms with E-state index in [0.717, 1.165) is 36.5 Å². The van der Waals surface area contributed by atoms with Crippen molar-refractivity contribution in [1.29, 1.82) is 0 Å². The number of hydrogen-bond acceptors (Lipinski definition) is 10. The zero-order valence-corrected chi connectivity index (χ0v) is 26.0. The van der Waals surface area contributed by atoms with E-state index in [1.165, 1.54) is 20.3 Å².